The minimum absolute atomic E-state index is 0.746. The number of rotatable bonds is 5. The third-order valence-electron chi connectivity index (χ3n) is 6.06. The second kappa shape index (κ2) is 8.61. The van der Waals surface area contributed by atoms with Gasteiger partial charge in [0.25, 0.3) is 0 Å². The van der Waals surface area contributed by atoms with Crippen molar-refractivity contribution in [1.82, 2.24) is 15.1 Å². The number of aromatic amines is 1. The molecule has 0 atom stereocenters. The lowest BCUT2D eigenvalue weighted by Crippen LogP contribution is -2.46. The molecule has 0 aliphatic carbocycles. The van der Waals surface area contributed by atoms with Crippen molar-refractivity contribution in [3.05, 3.63) is 71.8 Å². The van der Waals surface area contributed by atoms with Crippen LogP contribution in [-0.2, 0) is 0 Å². The summed E-state index contributed by atoms with van der Waals surface area (Å²) >= 11 is 6.36. The second-order valence-electron chi connectivity index (χ2n) is 7.91. The summed E-state index contributed by atoms with van der Waals surface area (Å²) < 4.78 is 0. The zero-order chi connectivity index (χ0) is 21.2. The van der Waals surface area contributed by atoms with Crippen molar-refractivity contribution in [2.75, 3.05) is 42.9 Å². The molecule has 6 heteroatoms. The predicted molar refractivity (Wildman–Crippen MR) is 131 cm³/mol. The van der Waals surface area contributed by atoms with E-state index in [4.69, 9.17) is 11.6 Å². The van der Waals surface area contributed by atoms with E-state index < -0.39 is 0 Å². The fourth-order valence-electron chi connectivity index (χ4n) is 4.19. The topological polar surface area (TPSA) is 47.2 Å². The maximum absolute atomic E-state index is 6.36. The van der Waals surface area contributed by atoms with Gasteiger partial charge < -0.3 is 15.1 Å². The predicted octanol–water partition coefficient (Wildman–Crippen LogP) is 5.77. The lowest BCUT2D eigenvalue weighted by Gasteiger charge is -2.35. The minimum Gasteiger partial charge on any atom is -0.369 e. The van der Waals surface area contributed by atoms with Crippen LogP contribution in [0.2, 0.25) is 5.02 Å². The molecule has 0 unspecified atom stereocenters. The van der Waals surface area contributed by atoms with Crippen LogP contribution >= 0.6 is 11.6 Å². The first-order valence-corrected chi connectivity index (χ1v) is 11.2. The van der Waals surface area contributed by atoms with E-state index in [1.807, 2.05) is 24.3 Å². The summed E-state index contributed by atoms with van der Waals surface area (Å²) in [6, 6.07) is 22.8. The number of nitrogens with zero attached hydrogens (tertiary/aromatic N) is 3. The maximum Gasteiger partial charge on any atom is 0.160 e. The summed E-state index contributed by atoms with van der Waals surface area (Å²) in [7, 11) is 0. The number of hydrogen-bond donors (Lipinski definition) is 2. The largest absolute Gasteiger partial charge is 0.369 e. The van der Waals surface area contributed by atoms with Gasteiger partial charge in [0.05, 0.1) is 5.52 Å². The number of anilines is 3. The summed E-state index contributed by atoms with van der Waals surface area (Å²) in [5, 5.41) is 12.9. The zero-order valence-electron chi connectivity index (χ0n) is 17.6. The van der Waals surface area contributed by atoms with Gasteiger partial charge in [0.1, 0.15) is 0 Å². The van der Waals surface area contributed by atoms with E-state index in [2.05, 4.69) is 74.7 Å². The Morgan fingerprint density at radius 1 is 0.968 bits per heavy atom. The molecule has 1 aliphatic heterocycles. The molecule has 0 amide bonds. The van der Waals surface area contributed by atoms with Gasteiger partial charge in [-0.2, -0.15) is 5.10 Å². The van der Waals surface area contributed by atoms with Crippen molar-refractivity contribution >= 4 is 39.7 Å². The first-order chi connectivity index (χ1) is 15.2. The molecule has 5 nitrogen and oxygen atoms in total. The molecule has 1 saturated heterocycles. The molecule has 2 heterocycles. The molecule has 3 aromatic carbocycles. The molecule has 0 radical (unpaired) electrons. The SMILES string of the molecule is CCN1CCN(c2ccc(Nc3n[nH]c4cc(-c5ccccc5Cl)ccc34)cc2)CC1. The van der Waals surface area contributed by atoms with Crippen LogP contribution < -0.4 is 10.2 Å². The maximum atomic E-state index is 6.36. The fourth-order valence-corrected chi connectivity index (χ4v) is 4.44. The highest BCUT2D eigenvalue weighted by atomic mass is 35.5. The van der Waals surface area contributed by atoms with Crippen LogP contribution in [0.15, 0.2) is 66.7 Å². The smallest absolute Gasteiger partial charge is 0.160 e. The standard InChI is InChI=1S/C25H26ClN5/c1-2-30-13-15-31(16-14-30)20-10-8-19(9-11-20)27-25-22-12-7-18(17-24(22)28-29-25)21-5-3-4-6-23(21)26/h3-12,17H,2,13-16H2,1H3,(H2,27,28,29). The Morgan fingerprint density at radius 2 is 1.74 bits per heavy atom. The Morgan fingerprint density at radius 3 is 2.48 bits per heavy atom. The summed E-state index contributed by atoms with van der Waals surface area (Å²) in [4.78, 5) is 4.95. The van der Waals surface area contributed by atoms with Crippen LogP contribution in [0.25, 0.3) is 22.0 Å². The molecule has 1 aromatic heterocycles. The summed E-state index contributed by atoms with van der Waals surface area (Å²) in [6.07, 6.45) is 0. The van der Waals surface area contributed by atoms with Crippen LogP contribution in [0.5, 0.6) is 0 Å². The fraction of sp³-hybridized carbons (Fsp3) is 0.240. The minimum atomic E-state index is 0.746. The summed E-state index contributed by atoms with van der Waals surface area (Å²) in [6.45, 7) is 7.79. The average molecular weight is 432 g/mol. The van der Waals surface area contributed by atoms with Gasteiger partial charge in [0.2, 0.25) is 0 Å². The van der Waals surface area contributed by atoms with E-state index in [0.29, 0.717) is 0 Å². The monoisotopic (exact) mass is 431 g/mol. The van der Waals surface area contributed by atoms with E-state index in [-0.39, 0.29) is 0 Å². The summed E-state index contributed by atoms with van der Waals surface area (Å²) in [5.41, 5.74) is 5.37. The lowest BCUT2D eigenvalue weighted by molar-refractivity contribution is 0.271. The Labute approximate surface area is 187 Å². The van der Waals surface area contributed by atoms with Crippen molar-refractivity contribution in [2.45, 2.75) is 6.92 Å². The third kappa shape index (κ3) is 4.11. The van der Waals surface area contributed by atoms with Gasteiger partial charge in [-0.05, 0) is 54.6 Å². The zero-order valence-corrected chi connectivity index (χ0v) is 18.4. The summed E-state index contributed by atoms with van der Waals surface area (Å²) in [5.74, 6) is 0.824. The van der Waals surface area contributed by atoms with Crippen molar-refractivity contribution in [3.63, 3.8) is 0 Å². The van der Waals surface area contributed by atoms with Gasteiger partial charge in [-0.15, -0.1) is 0 Å². The van der Waals surface area contributed by atoms with E-state index in [1.54, 1.807) is 0 Å². The number of H-pyrrole nitrogens is 1. The molecule has 0 saturated carbocycles. The molecule has 1 aliphatic rings. The normalized spacial score (nSPS) is 14.8. The Hall–Kier alpha value is -3.02. The molecule has 5 rings (SSSR count). The number of piperazine rings is 1. The first kappa shape index (κ1) is 19.9. The van der Waals surface area contributed by atoms with Gasteiger partial charge in [-0.1, -0.05) is 42.8 Å². The number of hydrogen-bond acceptors (Lipinski definition) is 4. The van der Waals surface area contributed by atoms with E-state index in [0.717, 1.165) is 71.3 Å². The molecule has 1 fully saturated rings. The Balaban J connectivity index is 1.32. The van der Waals surface area contributed by atoms with E-state index in [1.165, 1.54) is 5.69 Å². The highest BCUT2D eigenvalue weighted by molar-refractivity contribution is 6.33. The molecular weight excluding hydrogens is 406 g/mol. The molecule has 0 spiro atoms. The van der Waals surface area contributed by atoms with Crippen LogP contribution in [-0.4, -0.2) is 47.8 Å². The number of likely N-dealkylation sites (N-methyl/N-ethyl adjacent to an activating group) is 1. The van der Waals surface area contributed by atoms with Gasteiger partial charge in [0, 0.05) is 53.5 Å². The first-order valence-electron chi connectivity index (χ1n) is 10.8. The van der Waals surface area contributed by atoms with Crippen LogP contribution in [0.1, 0.15) is 6.92 Å². The van der Waals surface area contributed by atoms with Gasteiger partial charge in [-0.25, -0.2) is 0 Å². The lowest BCUT2D eigenvalue weighted by atomic mass is 10.0. The highest BCUT2D eigenvalue weighted by Gasteiger charge is 2.16. The van der Waals surface area contributed by atoms with Gasteiger partial charge in [-0.3, -0.25) is 5.10 Å². The van der Waals surface area contributed by atoms with Crippen LogP contribution in [0.3, 0.4) is 0 Å². The van der Waals surface area contributed by atoms with Crippen LogP contribution in [0, 0.1) is 0 Å². The molecule has 2 N–H and O–H groups in total. The second-order valence-corrected chi connectivity index (χ2v) is 8.31. The quantitative estimate of drug-likeness (QED) is 0.421. The third-order valence-corrected chi connectivity index (χ3v) is 6.39. The van der Waals surface area contributed by atoms with Gasteiger partial charge in [0.15, 0.2) is 5.82 Å². The molecular formula is C25H26ClN5. The number of halogens is 1. The van der Waals surface area contributed by atoms with Gasteiger partial charge >= 0.3 is 0 Å². The molecule has 4 aromatic rings. The number of fused-ring (bicyclic) bond motifs is 1. The average Bonchev–Trinajstić information content (AvgIpc) is 3.22. The van der Waals surface area contributed by atoms with E-state index in [9.17, 15) is 0 Å². The number of aromatic nitrogens is 2. The Bertz CT molecular complexity index is 1180. The van der Waals surface area contributed by atoms with Crippen molar-refractivity contribution in [2.24, 2.45) is 0 Å². The molecule has 0 bridgehead atoms. The Kier molecular flexibility index (Phi) is 5.53. The number of nitrogens with one attached hydrogen (secondary N) is 2. The highest BCUT2D eigenvalue weighted by Crippen LogP contribution is 2.32. The molecule has 31 heavy (non-hydrogen) atoms. The van der Waals surface area contributed by atoms with Crippen molar-refractivity contribution in [3.8, 4) is 11.1 Å². The van der Waals surface area contributed by atoms with E-state index >= 15 is 0 Å². The van der Waals surface area contributed by atoms with Crippen molar-refractivity contribution < 1.29 is 0 Å². The number of benzene rings is 3. The van der Waals surface area contributed by atoms with Crippen LogP contribution in [0.4, 0.5) is 17.2 Å². The van der Waals surface area contributed by atoms with Crippen molar-refractivity contribution in [1.29, 1.82) is 0 Å². The molecule has 158 valence electrons.